The Morgan fingerprint density at radius 1 is 1.67 bits per heavy atom. The van der Waals surface area contributed by atoms with E-state index in [0.717, 1.165) is 0 Å². The predicted octanol–water partition coefficient (Wildman–Crippen LogP) is 2.86. The minimum Gasteiger partial charge on any atom is -0.480 e. The highest BCUT2D eigenvalue weighted by Gasteiger charge is 2.15. The van der Waals surface area contributed by atoms with E-state index in [0.29, 0.717) is 16.6 Å². The Balaban J connectivity index is 2.84. The van der Waals surface area contributed by atoms with Crippen molar-refractivity contribution in [3.05, 3.63) is 28.5 Å². The van der Waals surface area contributed by atoms with Crippen molar-refractivity contribution in [1.29, 1.82) is 0 Å². The van der Waals surface area contributed by atoms with Crippen LogP contribution in [0, 0.1) is 5.82 Å². The third-order valence-corrected chi connectivity index (χ3v) is 2.62. The SMILES string of the molecule is CCC(Nc1ccc(F)cc1Br)C(=O)O. The lowest BCUT2D eigenvalue weighted by molar-refractivity contribution is -0.137. The third-order valence-electron chi connectivity index (χ3n) is 1.97. The molecule has 1 aromatic rings. The van der Waals surface area contributed by atoms with Crippen molar-refractivity contribution in [2.45, 2.75) is 19.4 Å². The first-order valence-electron chi connectivity index (χ1n) is 4.49. The van der Waals surface area contributed by atoms with Crippen LogP contribution >= 0.6 is 15.9 Å². The lowest BCUT2D eigenvalue weighted by Gasteiger charge is -2.14. The van der Waals surface area contributed by atoms with Crippen LogP contribution in [0.15, 0.2) is 22.7 Å². The minimum absolute atomic E-state index is 0.365. The van der Waals surface area contributed by atoms with E-state index in [1.807, 2.05) is 0 Å². The number of nitrogens with one attached hydrogen (secondary N) is 1. The number of halogens is 2. The molecule has 1 atom stereocenters. The van der Waals surface area contributed by atoms with Crippen LogP contribution in [0.5, 0.6) is 0 Å². The molecule has 0 aliphatic rings. The van der Waals surface area contributed by atoms with Gasteiger partial charge in [-0.15, -0.1) is 0 Å². The van der Waals surface area contributed by atoms with Gasteiger partial charge in [-0.1, -0.05) is 6.92 Å². The van der Waals surface area contributed by atoms with Crippen molar-refractivity contribution in [2.75, 3.05) is 5.32 Å². The highest BCUT2D eigenvalue weighted by molar-refractivity contribution is 9.10. The van der Waals surface area contributed by atoms with Crippen LogP contribution < -0.4 is 5.32 Å². The fourth-order valence-corrected chi connectivity index (χ4v) is 1.60. The lowest BCUT2D eigenvalue weighted by atomic mass is 10.2. The van der Waals surface area contributed by atoms with Crippen LogP contribution in [-0.2, 0) is 4.79 Å². The number of aliphatic carboxylic acids is 1. The van der Waals surface area contributed by atoms with Gasteiger partial charge in [0.1, 0.15) is 11.9 Å². The van der Waals surface area contributed by atoms with Crippen LogP contribution in [0.1, 0.15) is 13.3 Å². The van der Waals surface area contributed by atoms with Gasteiger partial charge in [0.2, 0.25) is 0 Å². The average Bonchev–Trinajstić information content (AvgIpc) is 2.16. The van der Waals surface area contributed by atoms with E-state index < -0.39 is 12.0 Å². The molecule has 0 aromatic heterocycles. The Hall–Kier alpha value is -1.10. The fourth-order valence-electron chi connectivity index (χ4n) is 1.13. The van der Waals surface area contributed by atoms with Gasteiger partial charge in [-0.2, -0.15) is 0 Å². The standard InChI is InChI=1S/C10H11BrFNO2/c1-2-8(10(14)15)13-9-4-3-6(12)5-7(9)11/h3-5,8,13H,2H2,1H3,(H,14,15). The van der Waals surface area contributed by atoms with E-state index in [9.17, 15) is 9.18 Å². The molecule has 0 heterocycles. The molecule has 5 heteroatoms. The number of hydrogen-bond acceptors (Lipinski definition) is 2. The fraction of sp³-hybridized carbons (Fsp3) is 0.300. The second-order valence-electron chi connectivity index (χ2n) is 3.07. The van der Waals surface area contributed by atoms with Crippen molar-refractivity contribution in [2.24, 2.45) is 0 Å². The first-order chi connectivity index (χ1) is 7.04. The summed E-state index contributed by atoms with van der Waals surface area (Å²) in [5, 5.41) is 11.6. The molecule has 1 rings (SSSR count). The molecule has 82 valence electrons. The lowest BCUT2D eigenvalue weighted by Crippen LogP contribution is -2.28. The van der Waals surface area contributed by atoms with Crippen LogP contribution in [0.3, 0.4) is 0 Å². The van der Waals surface area contributed by atoms with E-state index in [4.69, 9.17) is 5.11 Å². The second kappa shape index (κ2) is 5.11. The predicted molar refractivity (Wildman–Crippen MR) is 59.4 cm³/mol. The van der Waals surface area contributed by atoms with Crippen molar-refractivity contribution < 1.29 is 14.3 Å². The molecule has 0 aliphatic carbocycles. The minimum atomic E-state index is -0.922. The maximum atomic E-state index is 12.8. The average molecular weight is 276 g/mol. The smallest absolute Gasteiger partial charge is 0.326 e. The van der Waals surface area contributed by atoms with Gasteiger partial charge in [-0.25, -0.2) is 9.18 Å². The van der Waals surface area contributed by atoms with Gasteiger partial charge in [0.15, 0.2) is 0 Å². The maximum absolute atomic E-state index is 12.8. The summed E-state index contributed by atoms with van der Waals surface area (Å²) in [5.74, 6) is -1.29. The molecule has 0 spiro atoms. The van der Waals surface area contributed by atoms with Crippen LogP contribution in [-0.4, -0.2) is 17.1 Å². The van der Waals surface area contributed by atoms with Gasteiger partial charge in [-0.05, 0) is 40.5 Å². The molecule has 0 saturated heterocycles. The highest BCUT2D eigenvalue weighted by atomic mass is 79.9. The van der Waals surface area contributed by atoms with E-state index >= 15 is 0 Å². The molecule has 2 N–H and O–H groups in total. The first-order valence-corrected chi connectivity index (χ1v) is 5.28. The summed E-state index contributed by atoms with van der Waals surface area (Å²) < 4.78 is 13.3. The summed E-state index contributed by atoms with van der Waals surface area (Å²) in [6.45, 7) is 1.77. The van der Waals surface area contributed by atoms with E-state index in [2.05, 4.69) is 21.2 Å². The maximum Gasteiger partial charge on any atom is 0.326 e. The van der Waals surface area contributed by atoms with Gasteiger partial charge in [0, 0.05) is 10.2 Å². The zero-order valence-corrected chi connectivity index (χ0v) is 9.71. The number of carboxylic acid groups (broad SMARTS) is 1. The molecular formula is C10H11BrFNO2. The molecular weight excluding hydrogens is 265 g/mol. The second-order valence-corrected chi connectivity index (χ2v) is 3.92. The molecule has 0 aliphatic heterocycles. The van der Waals surface area contributed by atoms with Gasteiger partial charge >= 0.3 is 5.97 Å². The number of rotatable bonds is 4. The van der Waals surface area contributed by atoms with Crippen LogP contribution in [0.4, 0.5) is 10.1 Å². The topological polar surface area (TPSA) is 49.3 Å². The van der Waals surface area contributed by atoms with Crippen molar-refractivity contribution in [3.8, 4) is 0 Å². The van der Waals surface area contributed by atoms with Crippen LogP contribution in [0.25, 0.3) is 0 Å². The monoisotopic (exact) mass is 275 g/mol. The van der Waals surface area contributed by atoms with Gasteiger partial charge in [-0.3, -0.25) is 0 Å². The Kier molecular flexibility index (Phi) is 4.08. The van der Waals surface area contributed by atoms with E-state index in [1.54, 1.807) is 6.92 Å². The normalized spacial score (nSPS) is 12.2. The van der Waals surface area contributed by atoms with Gasteiger partial charge < -0.3 is 10.4 Å². The molecule has 0 amide bonds. The molecule has 0 fully saturated rings. The summed E-state index contributed by atoms with van der Waals surface area (Å²) in [6, 6.07) is 3.41. The number of anilines is 1. The zero-order valence-electron chi connectivity index (χ0n) is 8.13. The van der Waals surface area contributed by atoms with Crippen molar-refractivity contribution in [3.63, 3.8) is 0 Å². The molecule has 1 unspecified atom stereocenters. The molecule has 3 nitrogen and oxygen atoms in total. The molecule has 1 aromatic carbocycles. The largest absolute Gasteiger partial charge is 0.480 e. The highest BCUT2D eigenvalue weighted by Crippen LogP contribution is 2.24. The number of carboxylic acids is 1. The quantitative estimate of drug-likeness (QED) is 0.889. The van der Waals surface area contributed by atoms with Gasteiger partial charge in [0.05, 0.1) is 0 Å². The number of hydrogen-bond donors (Lipinski definition) is 2. The summed E-state index contributed by atoms with van der Waals surface area (Å²) in [4.78, 5) is 10.8. The Bertz CT molecular complexity index is 370. The van der Waals surface area contributed by atoms with Crippen molar-refractivity contribution in [1.82, 2.24) is 0 Å². The summed E-state index contributed by atoms with van der Waals surface area (Å²) in [7, 11) is 0. The summed E-state index contributed by atoms with van der Waals surface area (Å²) in [6.07, 6.45) is 0.457. The Morgan fingerprint density at radius 3 is 2.80 bits per heavy atom. The Labute approximate surface area is 95.4 Å². The first kappa shape index (κ1) is 12.0. The number of benzene rings is 1. The Morgan fingerprint density at radius 2 is 2.33 bits per heavy atom. The van der Waals surface area contributed by atoms with Crippen molar-refractivity contribution >= 4 is 27.6 Å². The van der Waals surface area contributed by atoms with E-state index in [-0.39, 0.29) is 5.82 Å². The molecule has 15 heavy (non-hydrogen) atoms. The molecule has 0 bridgehead atoms. The number of carbonyl (C=O) groups is 1. The summed E-state index contributed by atoms with van der Waals surface area (Å²) in [5.41, 5.74) is 0.575. The van der Waals surface area contributed by atoms with Crippen LogP contribution in [0.2, 0.25) is 0 Å². The van der Waals surface area contributed by atoms with Gasteiger partial charge in [0.25, 0.3) is 0 Å². The molecule has 0 radical (unpaired) electrons. The zero-order chi connectivity index (χ0) is 11.4. The summed E-state index contributed by atoms with van der Waals surface area (Å²) >= 11 is 3.16. The third kappa shape index (κ3) is 3.20. The molecule has 0 saturated carbocycles. The van der Waals surface area contributed by atoms with E-state index in [1.165, 1.54) is 18.2 Å².